The van der Waals surface area contributed by atoms with Gasteiger partial charge in [-0.05, 0) is 36.4 Å². The Balaban J connectivity index is 1.59. The minimum atomic E-state index is -3.42. The molecule has 0 aromatic heterocycles. The Labute approximate surface area is 241 Å². The molecule has 0 unspecified atom stereocenters. The number of hydrogen-bond donors (Lipinski definition) is 0. The summed E-state index contributed by atoms with van der Waals surface area (Å²) in [6.07, 6.45) is 0. The molecule has 0 saturated carbocycles. The monoisotopic (exact) mass is 597 g/mol. The molecule has 6 nitrogen and oxygen atoms in total. The highest BCUT2D eigenvalue weighted by Gasteiger charge is 2.43. The molecule has 4 rings (SSSR count). The van der Waals surface area contributed by atoms with Crippen molar-refractivity contribution < 1.29 is 40.6 Å². The molecule has 1 fully saturated rings. The van der Waals surface area contributed by atoms with Crippen LogP contribution in [0.4, 0.5) is 26.3 Å². The van der Waals surface area contributed by atoms with Crippen LogP contribution in [0.15, 0.2) is 72.8 Å². The molecule has 0 atom stereocenters. The summed E-state index contributed by atoms with van der Waals surface area (Å²) >= 11 is 0. The fourth-order valence-electron chi connectivity index (χ4n) is 4.95. The number of halogens is 6. The van der Waals surface area contributed by atoms with E-state index in [0.717, 1.165) is 0 Å². The first-order valence-electron chi connectivity index (χ1n) is 13.1. The molecule has 0 bridgehead atoms. The van der Waals surface area contributed by atoms with Crippen LogP contribution < -0.4 is 14.2 Å². The molecule has 3 aromatic carbocycles. The van der Waals surface area contributed by atoms with Crippen LogP contribution in [-0.4, -0.2) is 75.7 Å². The zero-order valence-electron chi connectivity index (χ0n) is 23.5. The Morgan fingerprint density at radius 1 is 0.500 bits per heavy atom. The zero-order valence-corrected chi connectivity index (χ0v) is 23.5. The number of rotatable bonds is 12. The molecule has 0 spiro atoms. The number of alkyl halides is 6. The van der Waals surface area contributed by atoms with Crippen molar-refractivity contribution in [2.75, 3.05) is 61.0 Å². The second-order valence-corrected chi connectivity index (χ2v) is 10.2. The summed E-state index contributed by atoms with van der Waals surface area (Å²) in [4.78, 5) is 3.56. The van der Waals surface area contributed by atoms with E-state index < -0.39 is 37.4 Å². The van der Waals surface area contributed by atoms with Crippen molar-refractivity contribution in [3.8, 4) is 17.2 Å². The van der Waals surface area contributed by atoms with E-state index in [0.29, 0.717) is 0 Å². The fraction of sp³-hybridized carbons (Fsp3) is 0.400. The maximum absolute atomic E-state index is 15.4. The van der Waals surface area contributed by atoms with E-state index in [4.69, 9.17) is 14.2 Å². The van der Waals surface area contributed by atoms with E-state index in [1.54, 1.807) is 0 Å². The lowest BCUT2D eigenvalue weighted by molar-refractivity contribution is -0.141. The predicted octanol–water partition coefficient (Wildman–Crippen LogP) is 6.18. The van der Waals surface area contributed by atoms with Crippen molar-refractivity contribution in [2.45, 2.75) is 17.8 Å². The standard InChI is InChI=1S/C30H33F6N3O3/c1-40-25-10-4-7-22(13-25)28(31,32)16-37-19-38(17-29(33,34)23-8-5-11-26(14-23)41-2)21-39(20-37)18-30(35,36)24-9-6-12-27(15-24)42-3/h4-15H,16-21H2,1-3H3. The zero-order chi connectivity index (χ0) is 30.5. The molecule has 12 heteroatoms. The molecular weight excluding hydrogens is 564 g/mol. The normalized spacial score (nSPS) is 15.9. The van der Waals surface area contributed by atoms with Gasteiger partial charge < -0.3 is 14.2 Å². The van der Waals surface area contributed by atoms with Gasteiger partial charge in [-0.2, -0.15) is 26.3 Å². The van der Waals surface area contributed by atoms with Gasteiger partial charge in [-0.15, -0.1) is 0 Å². The second kappa shape index (κ2) is 12.8. The fourth-order valence-corrected chi connectivity index (χ4v) is 4.95. The molecule has 0 amide bonds. The molecule has 42 heavy (non-hydrogen) atoms. The first kappa shape index (κ1) is 31.5. The summed E-state index contributed by atoms with van der Waals surface area (Å²) in [5.41, 5.74) is -1.02. The van der Waals surface area contributed by atoms with Crippen LogP contribution in [-0.2, 0) is 17.8 Å². The highest BCUT2D eigenvalue weighted by Crippen LogP contribution is 2.36. The summed E-state index contributed by atoms with van der Waals surface area (Å²) in [5.74, 6) is -9.59. The Hall–Kier alpha value is -3.48. The topological polar surface area (TPSA) is 37.4 Å². The van der Waals surface area contributed by atoms with Crippen molar-refractivity contribution in [2.24, 2.45) is 0 Å². The van der Waals surface area contributed by atoms with Gasteiger partial charge in [-0.25, -0.2) is 0 Å². The molecule has 3 aromatic rings. The summed E-state index contributed by atoms with van der Waals surface area (Å²) in [6, 6.07) is 16.1. The average Bonchev–Trinajstić information content (AvgIpc) is 2.96. The highest BCUT2D eigenvalue weighted by atomic mass is 19.3. The van der Waals surface area contributed by atoms with Crippen molar-refractivity contribution in [3.05, 3.63) is 89.5 Å². The molecule has 0 aliphatic carbocycles. The van der Waals surface area contributed by atoms with E-state index >= 15 is 26.3 Å². The van der Waals surface area contributed by atoms with Gasteiger partial charge in [0.15, 0.2) is 0 Å². The van der Waals surface area contributed by atoms with Crippen LogP contribution in [0.2, 0.25) is 0 Å². The molecule has 228 valence electrons. The van der Waals surface area contributed by atoms with Crippen LogP contribution in [0.1, 0.15) is 16.7 Å². The number of benzene rings is 3. The number of methoxy groups -OCH3 is 3. The van der Waals surface area contributed by atoms with E-state index in [1.807, 2.05) is 0 Å². The lowest BCUT2D eigenvalue weighted by Crippen LogP contribution is -2.59. The Morgan fingerprint density at radius 2 is 0.762 bits per heavy atom. The van der Waals surface area contributed by atoms with E-state index in [-0.39, 0.29) is 53.9 Å². The van der Waals surface area contributed by atoms with Crippen LogP contribution >= 0.6 is 0 Å². The maximum Gasteiger partial charge on any atom is 0.285 e. The lowest BCUT2D eigenvalue weighted by atomic mass is 10.1. The maximum atomic E-state index is 15.4. The molecule has 1 aliphatic heterocycles. The SMILES string of the molecule is COc1cccc(C(F)(F)CN2CN(CC(F)(F)c3cccc(OC)c3)CN(CC(F)(F)c3cccc(OC)c3)C2)c1. The first-order valence-corrected chi connectivity index (χ1v) is 13.1. The van der Waals surface area contributed by atoms with Crippen LogP contribution in [0, 0.1) is 0 Å². The van der Waals surface area contributed by atoms with Gasteiger partial charge in [-0.1, -0.05) is 36.4 Å². The molecule has 0 radical (unpaired) electrons. The van der Waals surface area contributed by atoms with E-state index in [2.05, 4.69) is 0 Å². The van der Waals surface area contributed by atoms with Crippen LogP contribution in [0.5, 0.6) is 17.2 Å². The third-order valence-electron chi connectivity index (χ3n) is 6.94. The van der Waals surface area contributed by atoms with Crippen molar-refractivity contribution in [1.29, 1.82) is 0 Å². The van der Waals surface area contributed by atoms with Gasteiger partial charge in [-0.3, -0.25) is 14.7 Å². The average molecular weight is 598 g/mol. The van der Waals surface area contributed by atoms with Crippen molar-refractivity contribution in [1.82, 2.24) is 14.7 Å². The number of hydrogen-bond acceptors (Lipinski definition) is 6. The van der Waals surface area contributed by atoms with Gasteiger partial charge in [0.2, 0.25) is 0 Å². The minimum Gasteiger partial charge on any atom is -0.497 e. The highest BCUT2D eigenvalue weighted by molar-refractivity contribution is 5.33. The quantitative estimate of drug-likeness (QED) is 0.232. The lowest BCUT2D eigenvalue weighted by Gasteiger charge is -2.44. The molecule has 1 heterocycles. The van der Waals surface area contributed by atoms with Crippen LogP contribution in [0.3, 0.4) is 0 Å². The smallest absolute Gasteiger partial charge is 0.285 e. The van der Waals surface area contributed by atoms with Gasteiger partial charge in [0.25, 0.3) is 17.8 Å². The summed E-state index contributed by atoms with van der Waals surface area (Å²) in [6.45, 7) is -3.53. The Bertz CT molecular complexity index is 1180. The summed E-state index contributed by atoms with van der Waals surface area (Å²) < 4.78 is 108. The summed E-state index contributed by atoms with van der Waals surface area (Å²) in [5, 5.41) is 0. The van der Waals surface area contributed by atoms with Gasteiger partial charge >= 0.3 is 0 Å². The predicted molar refractivity (Wildman–Crippen MR) is 145 cm³/mol. The Morgan fingerprint density at radius 3 is 1.00 bits per heavy atom. The third kappa shape index (κ3) is 7.67. The van der Waals surface area contributed by atoms with Gasteiger partial charge in [0.05, 0.1) is 61.0 Å². The van der Waals surface area contributed by atoms with Crippen molar-refractivity contribution >= 4 is 0 Å². The summed E-state index contributed by atoms with van der Waals surface area (Å²) in [7, 11) is 4.05. The van der Waals surface area contributed by atoms with E-state index in [1.165, 1.54) is 109 Å². The third-order valence-corrected chi connectivity index (χ3v) is 6.94. The van der Waals surface area contributed by atoms with Crippen LogP contribution in [0.25, 0.3) is 0 Å². The number of ether oxygens (including phenoxy) is 3. The minimum absolute atomic E-state index is 0.227. The Kier molecular flexibility index (Phi) is 9.59. The van der Waals surface area contributed by atoms with Gasteiger partial charge in [0, 0.05) is 16.7 Å². The molecule has 1 aliphatic rings. The largest absolute Gasteiger partial charge is 0.497 e. The van der Waals surface area contributed by atoms with E-state index in [9.17, 15) is 0 Å². The second-order valence-electron chi connectivity index (χ2n) is 10.2. The molecular formula is C30H33F6N3O3. The molecule has 0 N–H and O–H groups in total. The number of nitrogens with zero attached hydrogens (tertiary/aromatic N) is 3. The first-order chi connectivity index (χ1) is 19.8. The van der Waals surface area contributed by atoms with Crippen molar-refractivity contribution in [3.63, 3.8) is 0 Å². The molecule has 1 saturated heterocycles. The van der Waals surface area contributed by atoms with Gasteiger partial charge in [0.1, 0.15) is 17.2 Å².